The van der Waals surface area contributed by atoms with E-state index in [9.17, 15) is 18.3 Å². The highest BCUT2D eigenvalue weighted by Crippen LogP contribution is 2.19. The number of sulfonamides is 1. The third-order valence-corrected chi connectivity index (χ3v) is 5.71. The molecule has 7 nitrogen and oxygen atoms in total. The third-order valence-electron chi connectivity index (χ3n) is 3.68. The zero-order valence-electron chi connectivity index (χ0n) is 12.2. The smallest absolute Gasteiger partial charge is 0.270 e. The largest absolute Gasteiger partial charge is 0.391 e. The van der Waals surface area contributed by atoms with Crippen molar-refractivity contribution in [2.75, 3.05) is 26.2 Å². The standard InChI is InChI=1S/C13H21N3O4S/c1-3-16(4-2)21(19,20)11-7-12(14-8-11)13(18)15-6-5-10(17)9-15/h7-8,10,14,17H,3-6,9H2,1-2H3. The first-order chi connectivity index (χ1) is 9.90. The molecule has 0 aliphatic carbocycles. The van der Waals surface area contributed by atoms with Crippen molar-refractivity contribution in [2.45, 2.75) is 31.3 Å². The first-order valence-corrected chi connectivity index (χ1v) is 8.50. The topological polar surface area (TPSA) is 93.7 Å². The number of aliphatic hydroxyl groups is 1. The Kier molecular flexibility index (Phi) is 4.70. The maximum atomic E-state index is 12.3. The lowest BCUT2D eigenvalue weighted by Crippen LogP contribution is -2.30. The molecular formula is C13H21N3O4S. The van der Waals surface area contributed by atoms with E-state index in [1.165, 1.54) is 21.5 Å². The summed E-state index contributed by atoms with van der Waals surface area (Å²) >= 11 is 0. The fraction of sp³-hybridized carbons (Fsp3) is 0.615. The molecule has 1 aliphatic rings. The highest BCUT2D eigenvalue weighted by molar-refractivity contribution is 7.89. The van der Waals surface area contributed by atoms with E-state index in [2.05, 4.69) is 4.98 Å². The Bertz CT molecular complexity index is 607. The van der Waals surface area contributed by atoms with Crippen LogP contribution in [0.15, 0.2) is 17.2 Å². The van der Waals surface area contributed by atoms with Gasteiger partial charge in [0.1, 0.15) is 10.6 Å². The van der Waals surface area contributed by atoms with Crippen LogP contribution in [-0.2, 0) is 10.0 Å². The van der Waals surface area contributed by atoms with Crippen LogP contribution in [0.25, 0.3) is 0 Å². The van der Waals surface area contributed by atoms with Crippen molar-refractivity contribution in [3.8, 4) is 0 Å². The van der Waals surface area contributed by atoms with Gasteiger partial charge in [-0.05, 0) is 12.5 Å². The quantitative estimate of drug-likeness (QED) is 0.814. The molecule has 1 atom stereocenters. The summed E-state index contributed by atoms with van der Waals surface area (Å²) in [6.07, 6.45) is 1.40. The van der Waals surface area contributed by atoms with Gasteiger partial charge in [0.2, 0.25) is 10.0 Å². The lowest BCUT2D eigenvalue weighted by atomic mass is 10.3. The molecule has 1 fully saturated rings. The SMILES string of the molecule is CCN(CC)S(=O)(=O)c1c[nH]c(C(=O)N2CCC(O)C2)c1. The Hall–Kier alpha value is -1.38. The molecule has 1 aromatic heterocycles. The molecule has 0 spiro atoms. The van der Waals surface area contributed by atoms with Crippen molar-refractivity contribution in [3.63, 3.8) is 0 Å². The number of β-amino-alcohol motifs (C(OH)–C–C–N with tert-alkyl or cyclic N) is 1. The molecule has 21 heavy (non-hydrogen) atoms. The summed E-state index contributed by atoms with van der Waals surface area (Å²) in [7, 11) is -3.57. The molecule has 0 saturated carbocycles. The minimum atomic E-state index is -3.57. The number of hydrogen-bond acceptors (Lipinski definition) is 4. The van der Waals surface area contributed by atoms with E-state index in [1.54, 1.807) is 13.8 Å². The van der Waals surface area contributed by atoms with Gasteiger partial charge in [-0.1, -0.05) is 13.8 Å². The fourth-order valence-corrected chi connectivity index (χ4v) is 3.91. The van der Waals surface area contributed by atoms with Gasteiger partial charge < -0.3 is 15.0 Å². The van der Waals surface area contributed by atoms with Crippen molar-refractivity contribution >= 4 is 15.9 Å². The molecule has 2 N–H and O–H groups in total. The number of aromatic nitrogens is 1. The maximum absolute atomic E-state index is 12.3. The molecule has 1 aromatic rings. The summed E-state index contributed by atoms with van der Waals surface area (Å²) in [5.74, 6) is -0.285. The highest BCUT2D eigenvalue weighted by Gasteiger charge is 2.28. The molecule has 2 rings (SSSR count). The van der Waals surface area contributed by atoms with Crippen LogP contribution in [0.2, 0.25) is 0 Å². The Balaban J connectivity index is 2.20. The van der Waals surface area contributed by atoms with E-state index in [-0.39, 0.29) is 23.0 Å². The summed E-state index contributed by atoms with van der Waals surface area (Å²) < 4.78 is 26.0. The molecular weight excluding hydrogens is 294 g/mol. The number of hydrogen-bond donors (Lipinski definition) is 2. The van der Waals surface area contributed by atoms with E-state index in [0.717, 1.165) is 0 Å². The van der Waals surface area contributed by atoms with Crippen molar-refractivity contribution in [3.05, 3.63) is 18.0 Å². The lowest BCUT2D eigenvalue weighted by Gasteiger charge is -2.17. The monoisotopic (exact) mass is 315 g/mol. The normalized spacial score (nSPS) is 19.4. The van der Waals surface area contributed by atoms with Gasteiger partial charge in [0.15, 0.2) is 0 Å². The number of nitrogens with one attached hydrogen (secondary N) is 1. The molecule has 1 amide bonds. The number of carbonyl (C=O) groups excluding carboxylic acids is 1. The Labute approximate surface area is 124 Å². The van der Waals surface area contributed by atoms with Crippen LogP contribution in [0.3, 0.4) is 0 Å². The Morgan fingerprint density at radius 1 is 1.48 bits per heavy atom. The molecule has 2 heterocycles. The van der Waals surface area contributed by atoms with Crippen LogP contribution >= 0.6 is 0 Å². The number of carbonyl (C=O) groups is 1. The predicted octanol–water partition coefficient (Wildman–Crippen LogP) is 0.252. The van der Waals surface area contributed by atoms with E-state index in [0.29, 0.717) is 26.1 Å². The summed E-state index contributed by atoms with van der Waals surface area (Å²) in [4.78, 5) is 16.6. The number of aliphatic hydroxyl groups excluding tert-OH is 1. The van der Waals surface area contributed by atoms with E-state index in [4.69, 9.17) is 0 Å². The van der Waals surface area contributed by atoms with Crippen LogP contribution in [0.1, 0.15) is 30.8 Å². The van der Waals surface area contributed by atoms with Gasteiger partial charge in [-0.3, -0.25) is 4.79 Å². The zero-order valence-corrected chi connectivity index (χ0v) is 13.1. The second kappa shape index (κ2) is 6.17. The van der Waals surface area contributed by atoms with Crippen LogP contribution < -0.4 is 0 Å². The zero-order chi connectivity index (χ0) is 15.6. The average Bonchev–Trinajstić information content (AvgIpc) is 3.08. The van der Waals surface area contributed by atoms with Crippen molar-refractivity contribution in [1.29, 1.82) is 0 Å². The summed E-state index contributed by atoms with van der Waals surface area (Å²) in [5, 5.41) is 9.46. The minimum absolute atomic E-state index is 0.0919. The molecule has 1 aliphatic heterocycles. The Morgan fingerprint density at radius 3 is 2.67 bits per heavy atom. The van der Waals surface area contributed by atoms with Gasteiger partial charge in [0.05, 0.1) is 6.10 Å². The molecule has 8 heteroatoms. The van der Waals surface area contributed by atoms with Crippen molar-refractivity contribution in [1.82, 2.24) is 14.2 Å². The molecule has 0 radical (unpaired) electrons. The number of likely N-dealkylation sites (tertiary alicyclic amines) is 1. The van der Waals surface area contributed by atoms with E-state index >= 15 is 0 Å². The van der Waals surface area contributed by atoms with Gasteiger partial charge >= 0.3 is 0 Å². The third kappa shape index (κ3) is 3.12. The first-order valence-electron chi connectivity index (χ1n) is 7.06. The van der Waals surface area contributed by atoms with Gasteiger partial charge in [-0.15, -0.1) is 0 Å². The van der Waals surface area contributed by atoms with E-state index < -0.39 is 16.1 Å². The number of aromatic amines is 1. The van der Waals surface area contributed by atoms with Gasteiger partial charge in [-0.25, -0.2) is 8.42 Å². The summed E-state index contributed by atoms with van der Waals surface area (Å²) in [5.41, 5.74) is 0.231. The van der Waals surface area contributed by atoms with E-state index in [1.807, 2.05) is 0 Å². The first kappa shape index (κ1) is 16.0. The van der Waals surface area contributed by atoms with Crippen LogP contribution in [-0.4, -0.2) is 65.9 Å². The number of amides is 1. The Morgan fingerprint density at radius 2 is 2.14 bits per heavy atom. The van der Waals surface area contributed by atoms with Gasteiger partial charge in [-0.2, -0.15) is 4.31 Å². The maximum Gasteiger partial charge on any atom is 0.270 e. The van der Waals surface area contributed by atoms with Gasteiger partial charge in [0.25, 0.3) is 5.91 Å². The number of H-pyrrole nitrogens is 1. The summed E-state index contributed by atoms with van der Waals surface area (Å²) in [6.45, 7) is 5.07. The summed E-state index contributed by atoms with van der Waals surface area (Å²) in [6, 6.07) is 1.36. The number of nitrogens with zero attached hydrogens (tertiary/aromatic N) is 2. The van der Waals surface area contributed by atoms with Crippen LogP contribution in [0.5, 0.6) is 0 Å². The van der Waals surface area contributed by atoms with Crippen LogP contribution in [0, 0.1) is 0 Å². The molecule has 118 valence electrons. The van der Waals surface area contributed by atoms with Crippen molar-refractivity contribution in [2.24, 2.45) is 0 Å². The van der Waals surface area contributed by atoms with Gasteiger partial charge in [0, 0.05) is 32.4 Å². The molecule has 1 unspecified atom stereocenters. The molecule has 1 saturated heterocycles. The average molecular weight is 315 g/mol. The number of rotatable bonds is 5. The second-order valence-corrected chi connectivity index (χ2v) is 6.97. The minimum Gasteiger partial charge on any atom is -0.391 e. The van der Waals surface area contributed by atoms with Crippen LogP contribution in [0.4, 0.5) is 0 Å². The fourth-order valence-electron chi connectivity index (χ4n) is 2.46. The molecule has 0 bridgehead atoms. The molecule has 0 aromatic carbocycles. The predicted molar refractivity (Wildman–Crippen MR) is 77.4 cm³/mol. The highest BCUT2D eigenvalue weighted by atomic mass is 32.2. The second-order valence-electron chi connectivity index (χ2n) is 5.03. The lowest BCUT2D eigenvalue weighted by molar-refractivity contribution is 0.0760. The van der Waals surface area contributed by atoms with Crippen molar-refractivity contribution < 1.29 is 18.3 Å².